The van der Waals surface area contributed by atoms with Crippen molar-refractivity contribution in [3.05, 3.63) is 33.9 Å². The first-order valence-corrected chi connectivity index (χ1v) is 5.90. The predicted octanol–water partition coefficient (Wildman–Crippen LogP) is 2.66. The fraction of sp³-hybridized carbons (Fsp3) is 0.538. The molecule has 0 radical (unpaired) electrons. The van der Waals surface area contributed by atoms with Crippen molar-refractivity contribution >= 4 is 11.4 Å². The molecule has 1 aromatic carbocycles. The fourth-order valence-corrected chi connectivity index (χ4v) is 1.43. The third-order valence-electron chi connectivity index (χ3n) is 3.34. The van der Waals surface area contributed by atoms with E-state index in [9.17, 15) is 10.1 Å². The second-order valence-corrected chi connectivity index (χ2v) is 5.32. The van der Waals surface area contributed by atoms with Crippen LogP contribution in [0.25, 0.3) is 0 Å². The highest BCUT2D eigenvalue weighted by Crippen LogP contribution is 2.22. The van der Waals surface area contributed by atoms with E-state index in [1.165, 1.54) is 6.07 Å². The zero-order chi connectivity index (χ0) is 13.9. The fourth-order valence-electron chi connectivity index (χ4n) is 1.43. The van der Waals surface area contributed by atoms with Gasteiger partial charge in [0.1, 0.15) is 0 Å². The molecule has 18 heavy (non-hydrogen) atoms. The monoisotopic (exact) mass is 251 g/mol. The molecule has 1 rings (SSSR count). The van der Waals surface area contributed by atoms with Crippen LogP contribution in [0.5, 0.6) is 0 Å². The molecular weight excluding hydrogens is 230 g/mol. The largest absolute Gasteiger partial charge is 0.383 e. The van der Waals surface area contributed by atoms with Crippen molar-refractivity contribution in [2.75, 3.05) is 26.0 Å². The van der Waals surface area contributed by atoms with Gasteiger partial charge < -0.3 is 10.2 Å². The summed E-state index contributed by atoms with van der Waals surface area (Å²) in [4.78, 5) is 12.4. The quantitative estimate of drug-likeness (QED) is 0.645. The van der Waals surface area contributed by atoms with E-state index in [2.05, 4.69) is 24.1 Å². The van der Waals surface area contributed by atoms with E-state index in [-0.39, 0.29) is 16.1 Å². The van der Waals surface area contributed by atoms with E-state index < -0.39 is 0 Å². The number of anilines is 1. The molecule has 0 amide bonds. The van der Waals surface area contributed by atoms with Gasteiger partial charge in [-0.15, -0.1) is 0 Å². The molecule has 0 aliphatic heterocycles. The molecule has 0 unspecified atom stereocenters. The lowest BCUT2D eigenvalue weighted by Gasteiger charge is -2.33. The SMILES string of the molecule is Cc1cc([N+](=O)[O-])ccc1NCC(C)(C)N(C)C. The standard InChI is InChI=1S/C13H21N3O2/c1-10-8-11(16(17)18)6-7-12(10)14-9-13(2,3)15(4)5/h6-8,14H,9H2,1-5H3. The van der Waals surface area contributed by atoms with E-state index in [0.717, 1.165) is 17.8 Å². The van der Waals surface area contributed by atoms with Gasteiger partial charge in [-0.3, -0.25) is 10.1 Å². The maximum atomic E-state index is 10.6. The minimum absolute atomic E-state index is 0.0220. The predicted molar refractivity (Wildman–Crippen MR) is 74.1 cm³/mol. The molecule has 0 aliphatic carbocycles. The maximum Gasteiger partial charge on any atom is 0.269 e. The van der Waals surface area contributed by atoms with Crippen LogP contribution in [0.3, 0.4) is 0 Å². The van der Waals surface area contributed by atoms with Crippen LogP contribution in [0.4, 0.5) is 11.4 Å². The third kappa shape index (κ3) is 3.43. The number of rotatable bonds is 5. The molecule has 0 fully saturated rings. The Morgan fingerprint density at radius 2 is 2.00 bits per heavy atom. The highest BCUT2D eigenvalue weighted by molar-refractivity contribution is 5.55. The van der Waals surface area contributed by atoms with Crippen LogP contribution in [-0.2, 0) is 0 Å². The normalized spacial score (nSPS) is 11.7. The Morgan fingerprint density at radius 1 is 1.39 bits per heavy atom. The average molecular weight is 251 g/mol. The minimum Gasteiger partial charge on any atom is -0.383 e. The Morgan fingerprint density at radius 3 is 2.44 bits per heavy atom. The van der Waals surface area contributed by atoms with Crippen molar-refractivity contribution in [3.8, 4) is 0 Å². The summed E-state index contributed by atoms with van der Waals surface area (Å²) in [7, 11) is 4.06. The smallest absolute Gasteiger partial charge is 0.269 e. The number of nitrogens with zero attached hydrogens (tertiary/aromatic N) is 2. The molecular formula is C13H21N3O2. The first-order valence-electron chi connectivity index (χ1n) is 5.90. The molecule has 0 bridgehead atoms. The summed E-state index contributed by atoms with van der Waals surface area (Å²) in [5.74, 6) is 0. The lowest BCUT2D eigenvalue weighted by atomic mass is 10.0. The van der Waals surface area contributed by atoms with E-state index in [0.29, 0.717) is 0 Å². The molecule has 0 spiro atoms. The first-order chi connectivity index (χ1) is 8.24. The Balaban J connectivity index is 2.78. The van der Waals surface area contributed by atoms with Gasteiger partial charge in [0.25, 0.3) is 5.69 Å². The van der Waals surface area contributed by atoms with E-state index in [1.54, 1.807) is 12.1 Å². The van der Waals surface area contributed by atoms with Gasteiger partial charge >= 0.3 is 0 Å². The highest BCUT2D eigenvalue weighted by atomic mass is 16.6. The van der Waals surface area contributed by atoms with Crippen LogP contribution in [0.1, 0.15) is 19.4 Å². The lowest BCUT2D eigenvalue weighted by molar-refractivity contribution is -0.384. The van der Waals surface area contributed by atoms with Crippen LogP contribution < -0.4 is 5.32 Å². The molecule has 1 aromatic rings. The maximum absolute atomic E-state index is 10.6. The molecule has 0 aromatic heterocycles. The first kappa shape index (κ1) is 14.4. The lowest BCUT2D eigenvalue weighted by Crippen LogP contribution is -2.44. The van der Waals surface area contributed by atoms with Gasteiger partial charge in [-0.25, -0.2) is 0 Å². The van der Waals surface area contributed by atoms with Gasteiger partial charge in [-0.05, 0) is 46.5 Å². The number of benzene rings is 1. The van der Waals surface area contributed by atoms with Crippen molar-refractivity contribution in [2.24, 2.45) is 0 Å². The van der Waals surface area contributed by atoms with Crippen molar-refractivity contribution in [1.82, 2.24) is 4.90 Å². The van der Waals surface area contributed by atoms with Gasteiger partial charge in [0.15, 0.2) is 0 Å². The molecule has 0 saturated heterocycles. The van der Waals surface area contributed by atoms with Gasteiger partial charge in [0, 0.05) is 29.9 Å². The molecule has 0 saturated carbocycles. The van der Waals surface area contributed by atoms with E-state index in [1.807, 2.05) is 21.0 Å². The summed E-state index contributed by atoms with van der Waals surface area (Å²) in [5, 5.41) is 14.0. The van der Waals surface area contributed by atoms with Crippen LogP contribution in [0.2, 0.25) is 0 Å². The number of hydrogen-bond donors (Lipinski definition) is 1. The molecule has 5 nitrogen and oxygen atoms in total. The molecule has 100 valence electrons. The number of aryl methyl sites for hydroxylation is 1. The molecule has 0 aliphatic rings. The molecule has 1 N–H and O–H groups in total. The van der Waals surface area contributed by atoms with Crippen LogP contribution in [0.15, 0.2) is 18.2 Å². The van der Waals surface area contributed by atoms with Gasteiger partial charge in [0.2, 0.25) is 0 Å². The summed E-state index contributed by atoms with van der Waals surface area (Å²) in [5.41, 5.74) is 1.98. The van der Waals surface area contributed by atoms with E-state index >= 15 is 0 Å². The summed E-state index contributed by atoms with van der Waals surface area (Å²) >= 11 is 0. The second-order valence-electron chi connectivity index (χ2n) is 5.32. The third-order valence-corrected chi connectivity index (χ3v) is 3.34. The van der Waals surface area contributed by atoms with Gasteiger partial charge in [0.05, 0.1) is 4.92 Å². The van der Waals surface area contributed by atoms with Crippen molar-refractivity contribution in [2.45, 2.75) is 26.3 Å². The Labute approximate surface area is 108 Å². The zero-order valence-corrected chi connectivity index (χ0v) is 11.7. The zero-order valence-electron chi connectivity index (χ0n) is 11.7. The number of hydrogen-bond acceptors (Lipinski definition) is 4. The number of nitrogens with one attached hydrogen (secondary N) is 1. The van der Waals surface area contributed by atoms with Crippen LogP contribution in [-0.4, -0.2) is 36.0 Å². The van der Waals surface area contributed by atoms with Crippen LogP contribution in [0, 0.1) is 17.0 Å². The topological polar surface area (TPSA) is 58.4 Å². The minimum atomic E-state index is -0.374. The van der Waals surface area contributed by atoms with Crippen molar-refractivity contribution in [3.63, 3.8) is 0 Å². The molecule has 0 heterocycles. The van der Waals surface area contributed by atoms with Gasteiger partial charge in [-0.2, -0.15) is 0 Å². The second kappa shape index (κ2) is 5.35. The summed E-state index contributed by atoms with van der Waals surface area (Å²) < 4.78 is 0. The Hall–Kier alpha value is -1.62. The number of non-ortho nitro benzene ring substituents is 1. The highest BCUT2D eigenvalue weighted by Gasteiger charge is 2.20. The number of likely N-dealkylation sites (N-methyl/N-ethyl adjacent to an activating group) is 1. The average Bonchev–Trinajstić information content (AvgIpc) is 2.26. The van der Waals surface area contributed by atoms with E-state index in [4.69, 9.17) is 0 Å². The summed E-state index contributed by atoms with van der Waals surface area (Å²) in [6, 6.07) is 4.88. The van der Waals surface area contributed by atoms with Crippen molar-refractivity contribution < 1.29 is 4.92 Å². The van der Waals surface area contributed by atoms with Crippen molar-refractivity contribution in [1.29, 1.82) is 0 Å². The summed E-state index contributed by atoms with van der Waals surface area (Å²) in [6.45, 7) is 6.93. The number of nitro groups is 1. The molecule has 0 atom stereocenters. The molecule has 5 heteroatoms. The van der Waals surface area contributed by atoms with Crippen LogP contribution >= 0.6 is 0 Å². The Kier molecular flexibility index (Phi) is 4.29. The number of nitro benzene ring substituents is 1. The van der Waals surface area contributed by atoms with Gasteiger partial charge in [-0.1, -0.05) is 0 Å². The summed E-state index contributed by atoms with van der Waals surface area (Å²) in [6.07, 6.45) is 0. The Bertz CT molecular complexity index is 442.